The molecule has 5 rings (SSSR count). The van der Waals surface area contributed by atoms with E-state index in [0.29, 0.717) is 43.9 Å². The Labute approximate surface area is 277 Å². The molecule has 3 amide bonds. The van der Waals surface area contributed by atoms with Crippen LogP contribution in [0.4, 0.5) is 15.6 Å². The van der Waals surface area contributed by atoms with Crippen molar-refractivity contribution in [2.75, 3.05) is 56.3 Å². The Balaban J connectivity index is 1.07. The number of rotatable bonds is 15. The third kappa shape index (κ3) is 9.16. The number of anilines is 2. The summed E-state index contributed by atoms with van der Waals surface area (Å²) in [7, 11) is 0. The van der Waals surface area contributed by atoms with Gasteiger partial charge in [-0.3, -0.25) is 9.59 Å². The van der Waals surface area contributed by atoms with E-state index in [2.05, 4.69) is 16.7 Å². The number of aromatic nitrogens is 1. The van der Waals surface area contributed by atoms with E-state index in [0.717, 1.165) is 50.5 Å². The van der Waals surface area contributed by atoms with Crippen molar-refractivity contribution in [3.8, 4) is 17.0 Å². The number of amides is 3. The highest BCUT2D eigenvalue weighted by Gasteiger charge is 2.27. The Morgan fingerprint density at radius 3 is 2.45 bits per heavy atom. The number of benzene rings is 3. The lowest BCUT2D eigenvalue weighted by molar-refractivity contribution is -0.115. The Kier molecular flexibility index (Phi) is 11.6. The summed E-state index contributed by atoms with van der Waals surface area (Å²) in [5.74, 6) is 0.528. The van der Waals surface area contributed by atoms with Gasteiger partial charge in [-0.25, -0.2) is 9.78 Å². The zero-order chi connectivity index (χ0) is 33.2. The van der Waals surface area contributed by atoms with Gasteiger partial charge >= 0.3 is 6.09 Å². The number of fused-ring (bicyclic) bond motifs is 1. The van der Waals surface area contributed by atoms with Crippen molar-refractivity contribution in [3.63, 3.8) is 0 Å². The fraction of sp³-hybridized carbons (Fsp3) is 0.314. The summed E-state index contributed by atoms with van der Waals surface area (Å²) < 4.78 is 16.4. The molecule has 1 aliphatic heterocycles. The summed E-state index contributed by atoms with van der Waals surface area (Å²) in [5.41, 5.74) is 6.35. The Hall–Kier alpha value is -4.78. The van der Waals surface area contributed by atoms with Gasteiger partial charge in [0.15, 0.2) is 5.13 Å². The van der Waals surface area contributed by atoms with Gasteiger partial charge in [-0.1, -0.05) is 36.4 Å². The molecule has 0 saturated heterocycles. The summed E-state index contributed by atoms with van der Waals surface area (Å²) in [6.45, 7) is 6.60. The maximum atomic E-state index is 13.3. The Bertz CT molecular complexity index is 1710. The van der Waals surface area contributed by atoms with Gasteiger partial charge in [-0.2, -0.15) is 0 Å². The molecule has 1 aliphatic rings. The monoisotopic (exact) mass is 658 g/mol. The summed E-state index contributed by atoms with van der Waals surface area (Å²) >= 11 is 1.44. The van der Waals surface area contributed by atoms with E-state index >= 15 is 0 Å². The van der Waals surface area contributed by atoms with E-state index in [4.69, 9.17) is 24.3 Å². The fourth-order valence-electron chi connectivity index (χ4n) is 5.26. The van der Waals surface area contributed by atoms with E-state index in [1.165, 1.54) is 11.3 Å². The third-order valence-electron chi connectivity index (χ3n) is 7.59. The van der Waals surface area contributed by atoms with Gasteiger partial charge in [0.1, 0.15) is 12.4 Å². The quantitative estimate of drug-likeness (QED) is 0.143. The van der Waals surface area contributed by atoms with E-state index in [9.17, 15) is 14.4 Å². The normalized spacial score (nSPS) is 12.1. The molecular weight excluding hydrogens is 620 g/mol. The minimum atomic E-state index is -1.08. The number of nitrogens with one attached hydrogen (secondary N) is 2. The first-order valence-corrected chi connectivity index (χ1v) is 16.2. The zero-order valence-corrected chi connectivity index (χ0v) is 27.2. The van der Waals surface area contributed by atoms with E-state index in [1.54, 1.807) is 0 Å². The number of carbonyl (C=O) groups excluding carboxylic acids is 2. The number of nitrogens with zero attached hydrogens (tertiary/aromatic N) is 2. The van der Waals surface area contributed by atoms with Crippen LogP contribution >= 0.6 is 11.3 Å². The molecular formula is C35H38N4O7S. The topological polar surface area (TPSA) is 139 Å². The van der Waals surface area contributed by atoms with Crippen LogP contribution in [0.2, 0.25) is 0 Å². The second-order valence-electron chi connectivity index (χ2n) is 11.0. The molecule has 3 N–H and O–H groups in total. The second kappa shape index (κ2) is 16.2. The van der Waals surface area contributed by atoms with Gasteiger partial charge in [0.05, 0.1) is 38.5 Å². The van der Waals surface area contributed by atoms with Crippen molar-refractivity contribution >= 4 is 40.1 Å². The second-order valence-corrected chi connectivity index (χ2v) is 12.2. The maximum absolute atomic E-state index is 13.3. The average molecular weight is 659 g/mol. The van der Waals surface area contributed by atoms with Crippen LogP contribution in [-0.2, 0) is 27.1 Å². The van der Waals surface area contributed by atoms with Gasteiger partial charge in [-0.05, 0) is 67.3 Å². The van der Waals surface area contributed by atoms with Crippen molar-refractivity contribution < 1.29 is 33.7 Å². The van der Waals surface area contributed by atoms with Crippen LogP contribution < -0.4 is 20.3 Å². The number of carbonyl (C=O) groups is 3. The molecule has 12 heteroatoms. The van der Waals surface area contributed by atoms with Crippen LogP contribution in [-0.4, -0.2) is 74.1 Å². The first kappa shape index (κ1) is 33.6. The Morgan fingerprint density at radius 1 is 0.936 bits per heavy atom. The number of aryl methyl sites for hydroxylation is 2. The van der Waals surface area contributed by atoms with Crippen molar-refractivity contribution in [2.45, 2.75) is 26.7 Å². The molecule has 0 unspecified atom stereocenters. The van der Waals surface area contributed by atoms with Gasteiger partial charge in [-0.15, -0.1) is 11.3 Å². The molecule has 3 aromatic carbocycles. The number of thiazole rings is 1. The van der Waals surface area contributed by atoms with Crippen molar-refractivity contribution in [2.24, 2.45) is 0 Å². The smallest absolute Gasteiger partial charge is 0.404 e. The first-order chi connectivity index (χ1) is 22.8. The number of hydrogen-bond donors (Lipinski definition) is 3. The summed E-state index contributed by atoms with van der Waals surface area (Å²) in [4.78, 5) is 44.0. The molecule has 4 aromatic rings. The number of ether oxygens (including phenoxy) is 3. The summed E-state index contributed by atoms with van der Waals surface area (Å²) in [6, 6.07) is 21.1. The SMILES string of the molecule is Cc1ccccc1C(=O)N1CCc2cc(-c3nc(NC(=O)Cc4ccc(OCCOCCOCCNC(=O)O)cc4)sc3C)ccc21. The van der Waals surface area contributed by atoms with Crippen LogP contribution in [0.5, 0.6) is 5.75 Å². The largest absolute Gasteiger partial charge is 0.491 e. The lowest BCUT2D eigenvalue weighted by Crippen LogP contribution is -2.29. The molecule has 47 heavy (non-hydrogen) atoms. The minimum Gasteiger partial charge on any atom is -0.491 e. The van der Waals surface area contributed by atoms with E-state index in [-0.39, 0.29) is 31.4 Å². The molecule has 1 aromatic heterocycles. The molecule has 0 spiro atoms. The third-order valence-corrected chi connectivity index (χ3v) is 8.48. The molecule has 0 radical (unpaired) electrons. The van der Waals surface area contributed by atoms with Crippen LogP contribution in [0.1, 0.15) is 31.9 Å². The van der Waals surface area contributed by atoms with Gasteiger partial charge < -0.3 is 34.9 Å². The average Bonchev–Trinajstić information content (AvgIpc) is 3.64. The molecule has 246 valence electrons. The number of hydrogen-bond acceptors (Lipinski definition) is 8. The van der Waals surface area contributed by atoms with Gasteiger partial charge in [0, 0.05) is 34.8 Å². The van der Waals surface area contributed by atoms with Crippen molar-refractivity contribution in [1.82, 2.24) is 10.3 Å². The highest BCUT2D eigenvalue weighted by atomic mass is 32.1. The molecule has 0 bridgehead atoms. The first-order valence-electron chi connectivity index (χ1n) is 15.4. The molecule has 2 heterocycles. The predicted octanol–water partition coefficient (Wildman–Crippen LogP) is 5.49. The standard InChI is InChI=1S/C35H38N4O7S/c1-23-5-3-4-6-29(23)33(41)39-15-13-26-22-27(9-12-30(26)39)32-24(2)47-34(38-32)37-31(40)21-25-7-10-28(11-8-25)46-20-19-45-18-17-44-16-14-36-35(42)43/h3-12,22,36H,13-21H2,1-2H3,(H,42,43)(H,37,38,40). The molecule has 0 fully saturated rings. The van der Waals surface area contributed by atoms with Crippen LogP contribution in [0.15, 0.2) is 66.7 Å². The molecule has 11 nitrogen and oxygen atoms in total. The molecule has 0 saturated carbocycles. The van der Waals surface area contributed by atoms with Crippen LogP contribution in [0.3, 0.4) is 0 Å². The highest BCUT2D eigenvalue weighted by Crippen LogP contribution is 2.36. The van der Waals surface area contributed by atoms with E-state index < -0.39 is 6.09 Å². The predicted molar refractivity (Wildman–Crippen MR) is 181 cm³/mol. The van der Waals surface area contributed by atoms with E-state index in [1.807, 2.05) is 79.4 Å². The molecule has 0 atom stereocenters. The molecule has 0 aliphatic carbocycles. The summed E-state index contributed by atoms with van der Waals surface area (Å²) in [6.07, 6.45) is -0.103. The van der Waals surface area contributed by atoms with Crippen molar-refractivity contribution in [1.29, 1.82) is 0 Å². The lowest BCUT2D eigenvalue weighted by Gasteiger charge is -2.18. The lowest BCUT2D eigenvalue weighted by atomic mass is 10.0. The summed E-state index contributed by atoms with van der Waals surface area (Å²) in [5, 5.41) is 14.2. The maximum Gasteiger partial charge on any atom is 0.404 e. The van der Waals surface area contributed by atoms with Gasteiger partial charge in [0.2, 0.25) is 5.91 Å². The van der Waals surface area contributed by atoms with Crippen LogP contribution in [0.25, 0.3) is 11.3 Å². The Morgan fingerprint density at radius 2 is 1.68 bits per heavy atom. The van der Waals surface area contributed by atoms with Gasteiger partial charge in [0.25, 0.3) is 5.91 Å². The number of carboxylic acid groups (broad SMARTS) is 1. The fourth-order valence-corrected chi connectivity index (χ4v) is 6.11. The van der Waals surface area contributed by atoms with Crippen LogP contribution in [0, 0.1) is 13.8 Å². The van der Waals surface area contributed by atoms with Crippen molar-refractivity contribution in [3.05, 3.63) is 93.9 Å². The minimum absolute atomic E-state index is 0.0153. The zero-order valence-electron chi connectivity index (χ0n) is 26.4. The highest BCUT2D eigenvalue weighted by molar-refractivity contribution is 7.16.